The fourth-order valence-electron chi connectivity index (χ4n) is 0.975. The van der Waals surface area contributed by atoms with Gasteiger partial charge in [-0.1, -0.05) is 13.3 Å². The summed E-state index contributed by atoms with van der Waals surface area (Å²) >= 11 is 0. The molecule has 0 N–H and O–H groups in total. The number of imidazole rings is 1. The minimum Gasteiger partial charge on any atom is -0.272 e. The van der Waals surface area contributed by atoms with Crippen LogP contribution in [0.4, 0.5) is 17.3 Å². The van der Waals surface area contributed by atoms with E-state index in [1.54, 1.807) is 0 Å². The van der Waals surface area contributed by atoms with Gasteiger partial charge in [0, 0.05) is 0 Å². The van der Waals surface area contributed by atoms with Crippen LogP contribution in [0.15, 0.2) is 18.7 Å². The number of hydrogen-bond donors (Lipinski definition) is 0. The first-order valence-corrected chi connectivity index (χ1v) is 5.73. The zero-order valence-electron chi connectivity index (χ0n) is 11.3. The van der Waals surface area contributed by atoms with Crippen molar-refractivity contribution < 1.29 is 21.8 Å². The summed E-state index contributed by atoms with van der Waals surface area (Å²) in [4.78, 5) is 0. The molecule has 1 heterocycles. The van der Waals surface area contributed by atoms with E-state index in [4.69, 9.17) is 10.5 Å². The Morgan fingerprint density at radius 3 is 1.85 bits per heavy atom. The summed E-state index contributed by atoms with van der Waals surface area (Å²) in [6.07, 6.45) is 8.82. The van der Waals surface area contributed by atoms with Crippen molar-refractivity contribution >= 4 is 14.5 Å². The van der Waals surface area contributed by atoms with Crippen molar-refractivity contribution in [1.82, 2.24) is 4.57 Å². The van der Waals surface area contributed by atoms with E-state index in [0.717, 1.165) is 6.54 Å². The summed E-state index contributed by atoms with van der Waals surface area (Å²) in [5.41, 5.74) is 0. The number of rotatable bonds is 3. The summed E-state index contributed by atoms with van der Waals surface area (Å²) in [6, 6.07) is 0. The third-order valence-corrected chi connectivity index (χ3v) is 1.79. The molecule has 1 aromatic heterocycles. The minimum absolute atomic E-state index is 0.694. The van der Waals surface area contributed by atoms with E-state index in [-0.39, 0.29) is 0 Å². The van der Waals surface area contributed by atoms with Crippen molar-refractivity contribution in [1.29, 1.82) is 10.5 Å². The standard InChI is InChI=1S/C8H15N2.2CBF2N/c1-3-4-5-10-7-6-9(2)8-10;2*3-2(4)1-5/h6-8H,3-5H2,1-2H3;;/q+1;;. The Hall–Kier alpha value is -1.96. The highest BCUT2D eigenvalue weighted by Gasteiger charge is 2.07. The minimum atomic E-state index is -2.81. The average Bonchev–Trinajstić information content (AvgIpc) is 2.83. The number of nitrogens with zero attached hydrogens (tertiary/aromatic N) is 4. The average molecular weight is 289 g/mol. The van der Waals surface area contributed by atoms with Crippen LogP contribution in [-0.2, 0) is 13.6 Å². The van der Waals surface area contributed by atoms with Gasteiger partial charge in [0.1, 0.15) is 12.4 Å². The Balaban J connectivity index is 0. The largest absolute Gasteiger partial charge is 0.655 e. The van der Waals surface area contributed by atoms with Gasteiger partial charge >= 0.3 is 14.5 Å². The SMILES string of the molecule is CCCCn1cc[n+](C)c1.N#CB(F)F.N#CB(F)F. The molecule has 10 heteroatoms. The van der Waals surface area contributed by atoms with Crippen molar-refractivity contribution in [2.45, 2.75) is 26.3 Å². The quantitative estimate of drug-likeness (QED) is 0.486. The Kier molecular flexibility index (Phi) is 13.7. The maximum atomic E-state index is 10.4. The molecule has 0 saturated carbocycles. The molecule has 0 saturated heterocycles. The van der Waals surface area contributed by atoms with Gasteiger partial charge in [0.25, 0.3) is 0 Å². The van der Waals surface area contributed by atoms with Crippen LogP contribution in [0.2, 0.25) is 0 Å². The van der Waals surface area contributed by atoms with E-state index in [0.29, 0.717) is 11.9 Å². The van der Waals surface area contributed by atoms with E-state index in [1.165, 1.54) is 12.8 Å². The zero-order valence-corrected chi connectivity index (χ0v) is 11.3. The van der Waals surface area contributed by atoms with Gasteiger partial charge in [-0.3, -0.25) is 17.3 Å². The highest BCUT2D eigenvalue weighted by Crippen LogP contribution is 1.91. The van der Waals surface area contributed by atoms with Crippen LogP contribution in [-0.4, -0.2) is 19.1 Å². The van der Waals surface area contributed by atoms with Crippen molar-refractivity contribution in [2.75, 3.05) is 0 Å². The van der Waals surface area contributed by atoms with Crippen LogP contribution in [0.3, 0.4) is 0 Å². The summed E-state index contributed by atoms with van der Waals surface area (Å²) in [5.74, 6) is 1.39. The molecule has 0 aliphatic carbocycles. The van der Waals surface area contributed by atoms with E-state index >= 15 is 0 Å². The predicted molar refractivity (Wildman–Crippen MR) is 67.7 cm³/mol. The third kappa shape index (κ3) is 16.0. The highest BCUT2D eigenvalue weighted by atomic mass is 19.2. The summed E-state index contributed by atoms with van der Waals surface area (Å²) in [7, 11) is -3.58. The monoisotopic (exact) mass is 289 g/mol. The second-order valence-electron chi connectivity index (χ2n) is 3.53. The fraction of sp³-hybridized carbons (Fsp3) is 0.500. The van der Waals surface area contributed by atoms with Crippen molar-refractivity contribution in [3.63, 3.8) is 0 Å². The summed E-state index contributed by atoms with van der Waals surface area (Å²) < 4.78 is 45.9. The lowest BCUT2D eigenvalue weighted by Crippen LogP contribution is -2.23. The summed E-state index contributed by atoms with van der Waals surface area (Å²) in [6.45, 7) is 3.36. The van der Waals surface area contributed by atoms with Crippen molar-refractivity contribution in [2.24, 2.45) is 7.05 Å². The van der Waals surface area contributed by atoms with E-state index in [9.17, 15) is 17.3 Å². The van der Waals surface area contributed by atoms with Crippen LogP contribution in [0.5, 0.6) is 0 Å². The Labute approximate surface area is 116 Å². The molecule has 0 aromatic carbocycles. The molecule has 0 spiro atoms. The molecule has 0 radical (unpaired) electrons. The van der Waals surface area contributed by atoms with Gasteiger partial charge in [-0.05, 0) is 6.42 Å². The van der Waals surface area contributed by atoms with Gasteiger partial charge in [-0.25, -0.2) is 19.7 Å². The molecule has 1 rings (SSSR count). The van der Waals surface area contributed by atoms with Crippen LogP contribution in [0.1, 0.15) is 19.8 Å². The first kappa shape index (κ1) is 20.4. The van der Waals surface area contributed by atoms with Crippen LogP contribution >= 0.6 is 0 Å². The molecule has 108 valence electrons. The molecule has 20 heavy (non-hydrogen) atoms. The molecule has 1 aromatic rings. The highest BCUT2D eigenvalue weighted by molar-refractivity contribution is 6.52. The third-order valence-electron chi connectivity index (χ3n) is 1.79. The molecular formula is C10H15B2F4N4+. The van der Waals surface area contributed by atoms with Crippen LogP contribution < -0.4 is 4.57 Å². The number of nitriles is 2. The number of unbranched alkanes of at least 4 members (excludes halogenated alkanes) is 1. The van der Waals surface area contributed by atoms with Crippen LogP contribution in [0.25, 0.3) is 0 Å². The zero-order chi connectivity index (χ0) is 16.0. The lowest BCUT2D eigenvalue weighted by atomic mass is 10.1. The summed E-state index contributed by atoms with van der Waals surface area (Å²) in [5, 5.41) is 14.3. The number of hydrogen-bond acceptors (Lipinski definition) is 2. The van der Waals surface area contributed by atoms with E-state index in [2.05, 4.69) is 34.8 Å². The van der Waals surface area contributed by atoms with Gasteiger partial charge < -0.3 is 0 Å². The maximum Gasteiger partial charge on any atom is 0.655 e. The van der Waals surface area contributed by atoms with Crippen molar-refractivity contribution in [3.05, 3.63) is 18.7 Å². The predicted octanol–water partition coefficient (Wildman–Crippen LogP) is 2.07. The molecule has 0 bridgehead atoms. The van der Waals surface area contributed by atoms with Crippen molar-refractivity contribution in [3.8, 4) is 11.9 Å². The lowest BCUT2D eigenvalue weighted by molar-refractivity contribution is -0.671. The molecule has 0 fully saturated rings. The van der Waals surface area contributed by atoms with Gasteiger partial charge in [0.05, 0.1) is 25.5 Å². The molecule has 0 unspecified atom stereocenters. The molecule has 4 nitrogen and oxygen atoms in total. The van der Waals surface area contributed by atoms with E-state index in [1.807, 2.05) is 7.05 Å². The molecule has 0 atom stereocenters. The fourth-order valence-corrected chi connectivity index (χ4v) is 0.975. The Morgan fingerprint density at radius 1 is 1.15 bits per heavy atom. The maximum absolute atomic E-state index is 10.4. The van der Waals surface area contributed by atoms with Crippen LogP contribution in [0, 0.1) is 22.5 Å². The number of aryl methyl sites for hydroxylation is 2. The van der Waals surface area contributed by atoms with Gasteiger partial charge in [-0.15, -0.1) is 0 Å². The lowest BCUT2D eigenvalue weighted by Gasteiger charge is -1.90. The van der Waals surface area contributed by atoms with Gasteiger partial charge in [0.15, 0.2) is 0 Å². The first-order valence-electron chi connectivity index (χ1n) is 5.73. The van der Waals surface area contributed by atoms with E-state index < -0.39 is 14.5 Å². The Bertz CT molecular complexity index is 408. The molecule has 0 aliphatic rings. The van der Waals surface area contributed by atoms with Gasteiger partial charge in [-0.2, -0.15) is 0 Å². The normalized spacial score (nSPS) is 8.00. The molecular weight excluding hydrogens is 274 g/mol. The second-order valence-corrected chi connectivity index (χ2v) is 3.53. The van der Waals surface area contributed by atoms with Gasteiger partial charge in [0.2, 0.25) is 6.33 Å². The first-order chi connectivity index (χ1) is 9.37. The number of halogens is 4. The number of aromatic nitrogens is 2. The smallest absolute Gasteiger partial charge is 0.272 e. The topological polar surface area (TPSA) is 56.4 Å². The molecule has 0 aliphatic heterocycles. The Morgan fingerprint density at radius 2 is 1.60 bits per heavy atom. The second kappa shape index (κ2) is 13.5. The molecule has 0 amide bonds.